The third kappa shape index (κ3) is 1.61. The molecule has 86 valence electrons. The standard InChI is InChI=1S/C10H17NO3S/c1-9(12)10(5-6-10)15(13,14)11-7-3-2-4-8-11/h2-8H2,1H3. The normalized spacial score (nSPS) is 26.2. The Morgan fingerprint density at radius 2 is 1.67 bits per heavy atom. The van der Waals surface area contributed by atoms with Crippen molar-refractivity contribution in [2.24, 2.45) is 0 Å². The molecular weight excluding hydrogens is 214 g/mol. The lowest BCUT2D eigenvalue weighted by atomic mass is 10.2. The van der Waals surface area contributed by atoms with Crippen LogP contribution in [0.25, 0.3) is 0 Å². The highest BCUT2D eigenvalue weighted by Crippen LogP contribution is 2.46. The van der Waals surface area contributed by atoms with E-state index in [2.05, 4.69) is 0 Å². The summed E-state index contributed by atoms with van der Waals surface area (Å²) in [5.41, 5.74) is 0. The summed E-state index contributed by atoms with van der Waals surface area (Å²) in [6.45, 7) is 2.59. The molecule has 0 amide bonds. The van der Waals surface area contributed by atoms with Gasteiger partial charge in [0.25, 0.3) is 0 Å². The molecule has 2 fully saturated rings. The molecule has 0 unspecified atom stereocenters. The van der Waals surface area contributed by atoms with Crippen LogP contribution in [0.3, 0.4) is 0 Å². The first-order valence-electron chi connectivity index (χ1n) is 5.51. The minimum Gasteiger partial charge on any atom is -0.298 e. The van der Waals surface area contributed by atoms with Gasteiger partial charge in [-0.15, -0.1) is 0 Å². The molecule has 1 heterocycles. The van der Waals surface area contributed by atoms with Gasteiger partial charge >= 0.3 is 0 Å². The molecule has 1 aliphatic heterocycles. The maximum Gasteiger partial charge on any atom is 0.227 e. The van der Waals surface area contributed by atoms with Gasteiger partial charge in [0, 0.05) is 13.1 Å². The summed E-state index contributed by atoms with van der Waals surface area (Å²) in [4.78, 5) is 11.4. The maximum atomic E-state index is 12.2. The molecule has 5 heteroatoms. The Hall–Kier alpha value is -0.420. The SMILES string of the molecule is CC(=O)C1(S(=O)(=O)N2CCCCC2)CC1. The second-order valence-corrected chi connectivity index (χ2v) is 6.76. The first-order chi connectivity index (χ1) is 7.01. The van der Waals surface area contributed by atoms with Gasteiger partial charge < -0.3 is 0 Å². The van der Waals surface area contributed by atoms with Crippen molar-refractivity contribution >= 4 is 15.8 Å². The van der Waals surface area contributed by atoms with Crippen LogP contribution in [0.1, 0.15) is 39.0 Å². The van der Waals surface area contributed by atoms with Gasteiger partial charge in [0.05, 0.1) is 0 Å². The summed E-state index contributed by atoms with van der Waals surface area (Å²) in [7, 11) is -3.37. The lowest BCUT2D eigenvalue weighted by Gasteiger charge is -2.29. The van der Waals surface area contributed by atoms with Gasteiger partial charge in [-0.05, 0) is 32.6 Å². The number of ketones is 1. The highest BCUT2D eigenvalue weighted by molar-refractivity contribution is 7.91. The van der Waals surface area contributed by atoms with Crippen molar-refractivity contribution < 1.29 is 13.2 Å². The van der Waals surface area contributed by atoms with E-state index in [0.717, 1.165) is 19.3 Å². The quantitative estimate of drug-likeness (QED) is 0.726. The predicted octanol–water partition coefficient (Wildman–Crippen LogP) is 0.924. The smallest absolute Gasteiger partial charge is 0.227 e. The van der Waals surface area contributed by atoms with E-state index < -0.39 is 14.8 Å². The van der Waals surface area contributed by atoms with E-state index in [-0.39, 0.29) is 5.78 Å². The van der Waals surface area contributed by atoms with Crippen LogP contribution in [0.15, 0.2) is 0 Å². The molecule has 0 atom stereocenters. The number of hydrogen-bond acceptors (Lipinski definition) is 3. The summed E-state index contributed by atoms with van der Waals surface area (Å²) in [6, 6.07) is 0. The molecule has 0 aromatic rings. The fraction of sp³-hybridized carbons (Fsp3) is 0.900. The predicted molar refractivity (Wildman–Crippen MR) is 57.0 cm³/mol. The number of rotatable bonds is 3. The molecule has 4 nitrogen and oxygen atoms in total. The van der Waals surface area contributed by atoms with Crippen LogP contribution in [-0.2, 0) is 14.8 Å². The first-order valence-corrected chi connectivity index (χ1v) is 6.95. The van der Waals surface area contributed by atoms with Crippen LogP contribution in [0, 0.1) is 0 Å². The van der Waals surface area contributed by atoms with Crippen molar-refractivity contribution in [1.82, 2.24) is 4.31 Å². The number of nitrogens with zero attached hydrogens (tertiary/aromatic N) is 1. The Morgan fingerprint density at radius 3 is 2.07 bits per heavy atom. The average molecular weight is 231 g/mol. The highest BCUT2D eigenvalue weighted by atomic mass is 32.2. The molecule has 0 radical (unpaired) electrons. The number of carbonyl (C=O) groups excluding carboxylic acids is 1. The molecule has 0 aromatic heterocycles. The summed E-state index contributed by atoms with van der Waals surface area (Å²) >= 11 is 0. The van der Waals surface area contributed by atoms with Gasteiger partial charge in [0.2, 0.25) is 10.0 Å². The van der Waals surface area contributed by atoms with Crippen LogP contribution in [0.2, 0.25) is 0 Å². The van der Waals surface area contributed by atoms with Gasteiger partial charge in [-0.25, -0.2) is 12.7 Å². The molecule has 0 spiro atoms. The second-order valence-electron chi connectivity index (χ2n) is 4.52. The summed E-state index contributed by atoms with van der Waals surface area (Å²) < 4.78 is 24.9. The Balaban J connectivity index is 2.23. The lowest BCUT2D eigenvalue weighted by Crippen LogP contribution is -2.45. The van der Waals surface area contributed by atoms with Gasteiger partial charge in [-0.3, -0.25) is 4.79 Å². The number of hydrogen-bond donors (Lipinski definition) is 0. The van der Waals surface area contributed by atoms with Crippen molar-refractivity contribution in [2.75, 3.05) is 13.1 Å². The van der Waals surface area contributed by atoms with Crippen LogP contribution in [-0.4, -0.2) is 36.3 Å². The Kier molecular flexibility index (Phi) is 2.63. The average Bonchev–Trinajstić information content (AvgIpc) is 3.00. The zero-order valence-corrected chi connectivity index (χ0v) is 9.85. The van der Waals surface area contributed by atoms with Crippen LogP contribution >= 0.6 is 0 Å². The Bertz CT molecular complexity index is 364. The summed E-state index contributed by atoms with van der Waals surface area (Å²) in [5.74, 6) is -0.187. The molecule has 0 aromatic carbocycles. The van der Waals surface area contributed by atoms with E-state index in [1.807, 2.05) is 0 Å². The van der Waals surface area contributed by atoms with E-state index in [4.69, 9.17) is 0 Å². The summed E-state index contributed by atoms with van der Waals surface area (Å²) in [5, 5.41) is 0. The molecule has 2 aliphatic rings. The molecule has 0 N–H and O–H groups in total. The lowest BCUT2D eigenvalue weighted by molar-refractivity contribution is -0.117. The Labute approximate surface area is 90.7 Å². The van der Waals surface area contributed by atoms with E-state index in [0.29, 0.717) is 25.9 Å². The van der Waals surface area contributed by atoms with Crippen molar-refractivity contribution in [2.45, 2.75) is 43.8 Å². The molecule has 15 heavy (non-hydrogen) atoms. The molecule has 2 rings (SSSR count). The Morgan fingerprint density at radius 1 is 1.13 bits per heavy atom. The first kappa shape index (κ1) is 11.1. The zero-order valence-electron chi connectivity index (χ0n) is 9.03. The zero-order chi connectivity index (χ0) is 11.1. The fourth-order valence-corrected chi connectivity index (χ4v) is 4.47. The topological polar surface area (TPSA) is 54.5 Å². The third-order valence-electron chi connectivity index (χ3n) is 3.49. The van der Waals surface area contributed by atoms with Gasteiger partial charge in [-0.1, -0.05) is 6.42 Å². The largest absolute Gasteiger partial charge is 0.298 e. The molecular formula is C10H17NO3S. The molecule has 1 aliphatic carbocycles. The number of sulfonamides is 1. The molecule has 1 saturated heterocycles. The number of Topliss-reactive ketones (excluding diaryl/α,β-unsaturated/α-hetero) is 1. The second kappa shape index (κ2) is 3.56. The fourth-order valence-electron chi connectivity index (χ4n) is 2.26. The molecule has 1 saturated carbocycles. The minimum atomic E-state index is -3.37. The van der Waals surface area contributed by atoms with Crippen LogP contribution < -0.4 is 0 Å². The van der Waals surface area contributed by atoms with Gasteiger partial charge in [0.1, 0.15) is 4.75 Å². The van der Waals surface area contributed by atoms with Gasteiger partial charge in [-0.2, -0.15) is 0 Å². The van der Waals surface area contributed by atoms with Crippen molar-refractivity contribution in [3.8, 4) is 0 Å². The third-order valence-corrected chi connectivity index (χ3v) is 6.22. The van der Waals surface area contributed by atoms with Crippen LogP contribution in [0.4, 0.5) is 0 Å². The van der Waals surface area contributed by atoms with E-state index in [9.17, 15) is 13.2 Å². The van der Waals surface area contributed by atoms with E-state index in [1.54, 1.807) is 0 Å². The number of piperidine rings is 1. The number of carbonyl (C=O) groups is 1. The van der Waals surface area contributed by atoms with Gasteiger partial charge in [0.15, 0.2) is 5.78 Å². The summed E-state index contributed by atoms with van der Waals surface area (Å²) in [6.07, 6.45) is 3.97. The van der Waals surface area contributed by atoms with Crippen molar-refractivity contribution in [3.05, 3.63) is 0 Å². The minimum absolute atomic E-state index is 0.187. The molecule has 0 bridgehead atoms. The van der Waals surface area contributed by atoms with Crippen molar-refractivity contribution in [1.29, 1.82) is 0 Å². The monoisotopic (exact) mass is 231 g/mol. The van der Waals surface area contributed by atoms with Crippen molar-refractivity contribution in [3.63, 3.8) is 0 Å². The highest BCUT2D eigenvalue weighted by Gasteiger charge is 2.60. The van der Waals surface area contributed by atoms with E-state index in [1.165, 1.54) is 11.2 Å². The van der Waals surface area contributed by atoms with Crippen LogP contribution in [0.5, 0.6) is 0 Å². The van der Waals surface area contributed by atoms with E-state index >= 15 is 0 Å². The maximum absolute atomic E-state index is 12.2.